The minimum Gasteiger partial charge on any atom is -0.351 e. The number of carbonyl (C=O) groups is 1. The Morgan fingerprint density at radius 2 is 2.20 bits per heavy atom. The fourth-order valence-corrected chi connectivity index (χ4v) is 2.19. The van der Waals surface area contributed by atoms with Crippen LogP contribution >= 0.6 is 34.7 Å². The van der Waals surface area contributed by atoms with Crippen molar-refractivity contribution >= 4 is 40.6 Å². The quantitative estimate of drug-likeness (QED) is 0.831. The van der Waals surface area contributed by atoms with Crippen molar-refractivity contribution in [2.24, 2.45) is 0 Å². The largest absolute Gasteiger partial charge is 0.351 e. The van der Waals surface area contributed by atoms with E-state index in [-0.39, 0.29) is 16.1 Å². The molecule has 3 nitrogen and oxygen atoms in total. The summed E-state index contributed by atoms with van der Waals surface area (Å²) in [5.41, 5.74) is 0. The van der Waals surface area contributed by atoms with Gasteiger partial charge in [-0.1, -0.05) is 43.0 Å². The van der Waals surface area contributed by atoms with Crippen molar-refractivity contribution in [2.75, 3.05) is 6.54 Å². The molecule has 0 saturated heterocycles. The van der Waals surface area contributed by atoms with Gasteiger partial charge in [-0.05, 0) is 18.0 Å². The second kappa shape index (κ2) is 6.30. The highest BCUT2D eigenvalue weighted by molar-refractivity contribution is 7.09. The molecule has 0 saturated carbocycles. The number of carbonyl (C=O) groups excluding carboxylic acids is 1. The third-order valence-electron chi connectivity index (χ3n) is 1.87. The van der Waals surface area contributed by atoms with E-state index in [1.807, 2.05) is 0 Å². The molecule has 15 heavy (non-hydrogen) atoms. The lowest BCUT2D eigenvalue weighted by atomic mass is 10.2. The van der Waals surface area contributed by atoms with E-state index in [0.29, 0.717) is 11.4 Å². The van der Waals surface area contributed by atoms with Gasteiger partial charge in [-0.15, -0.1) is 0 Å². The normalized spacial score (nSPS) is 10.3. The van der Waals surface area contributed by atoms with Crippen LogP contribution in [0.15, 0.2) is 0 Å². The Labute approximate surface area is 103 Å². The lowest BCUT2D eigenvalue weighted by molar-refractivity contribution is 0.0957. The minimum absolute atomic E-state index is 0.194. The predicted octanol–water partition coefficient (Wildman–Crippen LogP) is 3.37. The van der Waals surface area contributed by atoms with Crippen molar-refractivity contribution in [1.82, 2.24) is 9.69 Å². The summed E-state index contributed by atoms with van der Waals surface area (Å²) in [6.45, 7) is 2.78. The Kier molecular flexibility index (Phi) is 5.36. The van der Waals surface area contributed by atoms with E-state index in [0.717, 1.165) is 30.8 Å². The first-order valence-corrected chi connectivity index (χ1v) is 6.28. The summed E-state index contributed by atoms with van der Waals surface area (Å²) in [5.74, 6) is -0.194. The first kappa shape index (κ1) is 12.7. The van der Waals surface area contributed by atoms with Gasteiger partial charge >= 0.3 is 0 Å². The summed E-state index contributed by atoms with van der Waals surface area (Å²) in [6, 6.07) is 0. The van der Waals surface area contributed by atoms with E-state index in [4.69, 9.17) is 23.2 Å². The summed E-state index contributed by atoms with van der Waals surface area (Å²) < 4.78 is 3.80. The Morgan fingerprint density at radius 3 is 2.73 bits per heavy atom. The van der Waals surface area contributed by atoms with E-state index >= 15 is 0 Å². The monoisotopic (exact) mass is 266 g/mol. The first-order chi connectivity index (χ1) is 7.16. The van der Waals surface area contributed by atoms with E-state index in [2.05, 4.69) is 16.6 Å². The van der Waals surface area contributed by atoms with Crippen LogP contribution < -0.4 is 5.32 Å². The summed E-state index contributed by atoms with van der Waals surface area (Å²) >= 11 is 12.5. The molecule has 0 bridgehead atoms. The summed E-state index contributed by atoms with van der Waals surface area (Å²) in [4.78, 5) is 11.9. The molecule has 0 atom stereocenters. The average Bonchev–Trinajstić information content (AvgIpc) is 2.55. The molecule has 0 aliphatic rings. The average molecular weight is 267 g/mol. The van der Waals surface area contributed by atoms with Crippen LogP contribution in [-0.4, -0.2) is 16.8 Å². The highest BCUT2D eigenvalue weighted by Crippen LogP contribution is 2.28. The standard InChI is InChI=1S/C9H12Cl2N2OS/c1-2-3-4-5-12-9(14)7-6(10)8(11)13-15-7/h2-5H2,1H3,(H,12,14). The number of unbranched alkanes of at least 4 members (excludes halogenated alkanes) is 2. The molecule has 1 heterocycles. The van der Waals surface area contributed by atoms with Crippen LogP contribution in [0.5, 0.6) is 0 Å². The fraction of sp³-hybridized carbons (Fsp3) is 0.556. The number of rotatable bonds is 5. The highest BCUT2D eigenvalue weighted by Gasteiger charge is 2.16. The van der Waals surface area contributed by atoms with Gasteiger partial charge in [0.25, 0.3) is 5.91 Å². The van der Waals surface area contributed by atoms with Gasteiger partial charge in [0.05, 0.1) is 0 Å². The summed E-state index contributed by atoms with van der Waals surface area (Å²) in [6.07, 6.45) is 3.22. The number of halogens is 2. The molecule has 0 fully saturated rings. The molecule has 1 amide bonds. The number of amides is 1. The van der Waals surface area contributed by atoms with E-state index in [1.54, 1.807) is 0 Å². The molecule has 1 aromatic rings. The van der Waals surface area contributed by atoms with E-state index in [9.17, 15) is 4.79 Å². The Balaban J connectivity index is 2.44. The Morgan fingerprint density at radius 1 is 1.47 bits per heavy atom. The van der Waals surface area contributed by atoms with Gasteiger partial charge in [0.15, 0.2) is 5.15 Å². The molecule has 0 radical (unpaired) electrons. The van der Waals surface area contributed by atoms with Crippen LogP contribution in [0.2, 0.25) is 10.2 Å². The van der Waals surface area contributed by atoms with E-state index < -0.39 is 0 Å². The van der Waals surface area contributed by atoms with Gasteiger partial charge in [-0.2, -0.15) is 4.37 Å². The van der Waals surface area contributed by atoms with Gasteiger partial charge in [0, 0.05) is 6.54 Å². The molecule has 84 valence electrons. The Hall–Kier alpha value is -0.320. The van der Waals surface area contributed by atoms with Crippen LogP contribution in [0.3, 0.4) is 0 Å². The van der Waals surface area contributed by atoms with Crippen molar-refractivity contribution in [3.63, 3.8) is 0 Å². The summed E-state index contributed by atoms with van der Waals surface area (Å²) in [7, 11) is 0. The fourth-order valence-electron chi connectivity index (χ4n) is 1.06. The topological polar surface area (TPSA) is 42.0 Å². The molecular weight excluding hydrogens is 255 g/mol. The number of hydrogen-bond donors (Lipinski definition) is 1. The number of aromatic nitrogens is 1. The number of hydrogen-bond acceptors (Lipinski definition) is 3. The van der Waals surface area contributed by atoms with Gasteiger partial charge < -0.3 is 5.32 Å². The molecule has 0 aliphatic carbocycles. The zero-order valence-corrected chi connectivity index (χ0v) is 10.7. The number of nitrogens with zero attached hydrogens (tertiary/aromatic N) is 1. The molecule has 0 aromatic carbocycles. The van der Waals surface area contributed by atoms with Crippen LogP contribution in [0.4, 0.5) is 0 Å². The molecule has 1 rings (SSSR count). The van der Waals surface area contributed by atoms with E-state index in [1.165, 1.54) is 0 Å². The van der Waals surface area contributed by atoms with Crippen molar-refractivity contribution in [1.29, 1.82) is 0 Å². The highest BCUT2D eigenvalue weighted by atomic mass is 35.5. The van der Waals surface area contributed by atoms with Crippen LogP contribution in [0.25, 0.3) is 0 Å². The van der Waals surface area contributed by atoms with Crippen LogP contribution in [-0.2, 0) is 0 Å². The maximum absolute atomic E-state index is 11.6. The molecule has 0 unspecified atom stereocenters. The van der Waals surface area contributed by atoms with Gasteiger partial charge in [-0.3, -0.25) is 4.79 Å². The molecule has 6 heteroatoms. The van der Waals surface area contributed by atoms with Gasteiger partial charge in [-0.25, -0.2) is 0 Å². The molecule has 0 spiro atoms. The predicted molar refractivity (Wildman–Crippen MR) is 64.0 cm³/mol. The third-order valence-corrected chi connectivity index (χ3v) is 3.67. The lowest BCUT2D eigenvalue weighted by Gasteiger charge is -2.02. The number of nitrogens with one attached hydrogen (secondary N) is 1. The van der Waals surface area contributed by atoms with Crippen LogP contribution in [0.1, 0.15) is 35.9 Å². The lowest BCUT2D eigenvalue weighted by Crippen LogP contribution is -2.23. The molecule has 1 N–H and O–H groups in total. The maximum atomic E-state index is 11.6. The molecule has 0 aliphatic heterocycles. The zero-order chi connectivity index (χ0) is 11.3. The third kappa shape index (κ3) is 3.63. The maximum Gasteiger partial charge on any atom is 0.264 e. The van der Waals surface area contributed by atoms with Gasteiger partial charge in [0.1, 0.15) is 9.90 Å². The van der Waals surface area contributed by atoms with Crippen molar-refractivity contribution in [3.8, 4) is 0 Å². The zero-order valence-electron chi connectivity index (χ0n) is 8.35. The second-order valence-electron chi connectivity index (χ2n) is 3.08. The van der Waals surface area contributed by atoms with Crippen molar-refractivity contribution in [2.45, 2.75) is 26.2 Å². The van der Waals surface area contributed by atoms with Crippen LogP contribution in [0, 0.1) is 0 Å². The molecule has 1 aromatic heterocycles. The van der Waals surface area contributed by atoms with Crippen molar-refractivity contribution in [3.05, 3.63) is 15.1 Å². The first-order valence-electron chi connectivity index (χ1n) is 4.75. The SMILES string of the molecule is CCCCCNC(=O)c1snc(Cl)c1Cl. The smallest absolute Gasteiger partial charge is 0.264 e. The van der Waals surface area contributed by atoms with Gasteiger partial charge in [0.2, 0.25) is 0 Å². The van der Waals surface area contributed by atoms with Crippen molar-refractivity contribution < 1.29 is 4.79 Å². The Bertz CT molecular complexity index is 341. The second-order valence-corrected chi connectivity index (χ2v) is 4.59. The molecular formula is C9H12Cl2N2OS. The summed E-state index contributed by atoms with van der Waals surface area (Å²) in [5, 5.41) is 3.22. The minimum atomic E-state index is -0.194.